The molecule has 9 heteroatoms. The van der Waals surface area contributed by atoms with Crippen LogP contribution >= 0.6 is 11.8 Å². The molecule has 0 aromatic heterocycles. The summed E-state index contributed by atoms with van der Waals surface area (Å²) in [7, 11) is 0. The van der Waals surface area contributed by atoms with Gasteiger partial charge in [-0.15, -0.1) is 5.10 Å². The molecule has 7 nitrogen and oxygen atoms in total. The molecule has 0 aliphatic carbocycles. The minimum Gasteiger partial charge on any atom is -0.383 e. The van der Waals surface area contributed by atoms with Gasteiger partial charge in [0.25, 0.3) is 0 Å². The molecular weight excluding hydrogens is 487 g/mol. The van der Waals surface area contributed by atoms with Crippen molar-refractivity contribution in [1.29, 1.82) is 0 Å². The van der Waals surface area contributed by atoms with Crippen LogP contribution in [0.25, 0.3) is 0 Å². The molecule has 0 saturated carbocycles. The number of nitrogens with two attached hydrogens (primary N) is 1. The molecule has 4 rings (SSSR count). The Hall–Kier alpha value is -3.98. The number of hydrogen-bond acceptors (Lipinski definition) is 5. The van der Waals surface area contributed by atoms with Crippen molar-refractivity contribution in [1.82, 2.24) is 0 Å². The number of nitrogens with zero attached hydrogens (tertiary/aromatic N) is 5. The first-order valence-corrected chi connectivity index (χ1v) is 13.0. The zero-order valence-electron chi connectivity index (χ0n) is 20.8. The van der Waals surface area contributed by atoms with Gasteiger partial charge in [-0.3, -0.25) is 4.94 Å². The van der Waals surface area contributed by atoms with E-state index in [4.69, 9.17) is 5.73 Å². The van der Waals surface area contributed by atoms with Crippen LogP contribution in [0.3, 0.4) is 0 Å². The van der Waals surface area contributed by atoms with Gasteiger partial charge in [0.15, 0.2) is 10.9 Å². The third-order valence-corrected chi connectivity index (χ3v) is 6.52. The first-order chi connectivity index (χ1) is 18.0. The summed E-state index contributed by atoms with van der Waals surface area (Å²) in [6.07, 6.45) is 4.12. The highest BCUT2D eigenvalue weighted by molar-refractivity contribution is 8.14. The third kappa shape index (κ3) is 7.27. The monoisotopic (exact) mass is 516 g/mol. The number of thioether (sulfide) groups is 1. The average Bonchev–Trinajstić information content (AvgIpc) is 3.37. The number of amidine groups is 2. The van der Waals surface area contributed by atoms with E-state index in [0.717, 1.165) is 35.0 Å². The van der Waals surface area contributed by atoms with Crippen molar-refractivity contribution in [2.24, 2.45) is 31.8 Å². The highest BCUT2D eigenvalue weighted by Gasteiger charge is 2.23. The topological polar surface area (TPSA) is 87.9 Å². The second kappa shape index (κ2) is 12.8. The predicted octanol–water partition coefficient (Wildman–Crippen LogP) is 6.16. The lowest BCUT2D eigenvalue weighted by Crippen LogP contribution is -2.25. The first-order valence-electron chi connectivity index (χ1n) is 12.0. The Bertz CT molecular complexity index is 1300. The normalized spacial score (nSPS) is 15.5. The minimum absolute atomic E-state index is 0.114. The maximum atomic E-state index is 12.1. The largest absolute Gasteiger partial charge is 0.383 e. The molecule has 0 bridgehead atoms. The molecule has 190 valence electrons. The molecule has 1 fully saturated rings. The number of benzene rings is 3. The Kier molecular flexibility index (Phi) is 9.04. The van der Waals surface area contributed by atoms with Crippen LogP contribution in [0.5, 0.6) is 5.75 Å². The van der Waals surface area contributed by atoms with Crippen molar-refractivity contribution < 1.29 is 9.47 Å². The van der Waals surface area contributed by atoms with Crippen molar-refractivity contribution in [3.8, 4) is 5.75 Å². The first kappa shape index (κ1) is 26.1. The molecule has 37 heavy (non-hydrogen) atoms. The van der Waals surface area contributed by atoms with Crippen molar-refractivity contribution in [3.63, 3.8) is 0 Å². The standard InChI is InChI=1S/C28H29FN6OS/c1-20(2)17-23-5-3-4-6-26(23)35-15-16-37-28(35)34-33-18-21-7-9-22(10-8-21)27(30)32-19-31-24-11-13-25(36-29)14-12-24/h3-14,18-20H,15-17H2,1-2H3,(H2,30,31,32)/b33-18+,34-28-. The van der Waals surface area contributed by atoms with Gasteiger partial charge in [0.2, 0.25) is 0 Å². The molecule has 0 unspecified atom stereocenters. The second-order valence-electron chi connectivity index (χ2n) is 8.81. The highest BCUT2D eigenvalue weighted by atomic mass is 32.2. The third-order valence-electron chi connectivity index (χ3n) is 5.57. The SMILES string of the molecule is CC(C)Cc1ccccc1N1CCS/C1=N\N=C\c1ccc(C(N)=NC=Nc2ccc(OF)cc2)cc1. The maximum Gasteiger partial charge on any atom is 0.190 e. The Morgan fingerprint density at radius 1 is 1.08 bits per heavy atom. The molecule has 3 aromatic carbocycles. The quantitative estimate of drug-likeness (QED) is 0.210. The molecular formula is C28H29FN6OS. The zero-order chi connectivity index (χ0) is 26.0. The molecule has 1 aliphatic heterocycles. The van der Waals surface area contributed by atoms with Crippen LogP contribution in [0, 0.1) is 5.92 Å². The molecule has 1 aliphatic rings. The lowest BCUT2D eigenvalue weighted by Gasteiger charge is -2.21. The van der Waals surface area contributed by atoms with Crippen molar-refractivity contribution >= 4 is 46.7 Å². The molecule has 3 aromatic rings. The number of halogens is 1. The van der Waals surface area contributed by atoms with Gasteiger partial charge >= 0.3 is 0 Å². The van der Waals surface area contributed by atoms with Crippen molar-refractivity contribution in [2.75, 3.05) is 17.2 Å². The molecule has 1 heterocycles. The molecule has 0 atom stereocenters. The van der Waals surface area contributed by atoms with Crippen LogP contribution in [-0.4, -0.2) is 35.9 Å². The summed E-state index contributed by atoms with van der Waals surface area (Å²) >= 11 is 1.72. The second-order valence-corrected chi connectivity index (χ2v) is 9.87. The zero-order valence-corrected chi connectivity index (χ0v) is 21.6. The molecule has 0 amide bonds. The van der Waals surface area contributed by atoms with E-state index in [-0.39, 0.29) is 5.75 Å². The Balaban J connectivity index is 1.39. The summed E-state index contributed by atoms with van der Waals surface area (Å²) in [5.74, 6) is 2.01. The van der Waals surface area contributed by atoms with Crippen LogP contribution in [0.15, 0.2) is 93.0 Å². The number of anilines is 1. The lowest BCUT2D eigenvalue weighted by atomic mass is 10.0. The van der Waals surface area contributed by atoms with E-state index in [1.807, 2.05) is 24.3 Å². The number of para-hydroxylation sites is 1. The molecule has 1 saturated heterocycles. The fraction of sp³-hybridized carbons (Fsp3) is 0.214. The minimum atomic E-state index is 0.114. The summed E-state index contributed by atoms with van der Waals surface area (Å²) < 4.78 is 12.1. The molecule has 2 N–H and O–H groups in total. The number of rotatable bonds is 9. The van der Waals surface area contributed by atoms with Crippen LogP contribution in [0.4, 0.5) is 15.9 Å². The smallest absolute Gasteiger partial charge is 0.190 e. The van der Waals surface area contributed by atoms with Gasteiger partial charge in [-0.25, -0.2) is 9.98 Å². The van der Waals surface area contributed by atoms with E-state index >= 15 is 0 Å². The fourth-order valence-corrected chi connectivity index (χ4v) is 4.70. The van der Waals surface area contributed by atoms with Gasteiger partial charge in [-0.05, 0) is 53.8 Å². The molecule has 0 radical (unpaired) electrons. The summed E-state index contributed by atoms with van der Waals surface area (Å²) in [4.78, 5) is 14.3. The van der Waals surface area contributed by atoms with E-state index in [2.05, 4.69) is 68.1 Å². The summed E-state index contributed by atoms with van der Waals surface area (Å²) in [5, 5.41) is 9.77. The van der Waals surface area contributed by atoms with E-state index in [9.17, 15) is 4.53 Å². The summed E-state index contributed by atoms with van der Waals surface area (Å²) in [6.45, 7) is 5.39. The Labute approximate surface area is 220 Å². The van der Waals surface area contributed by atoms with Crippen LogP contribution in [0.1, 0.15) is 30.5 Å². The van der Waals surface area contributed by atoms with Crippen LogP contribution in [-0.2, 0) is 6.42 Å². The Morgan fingerprint density at radius 2 is 1.84 bits per heavy atom. The van der Waals surface area contributed by atoms with Crippen LogP contribution < -0.4 is 15.6 Å². The van der Waals surface area contributed by atoms with Gasteiger partial charge in [0.1, 0.15) is 12.2 Å². The Morgan fingerprint density at radius 3 is 2.57 bits per heavy atom. The fourth-order valence-electron chi connectivity index (χ4n) is 3.80. The van der Waals surface area contributed by atoms with E-state index < -0.39 is 0 Å². The van der Waals surface area contributed by atoms with Crippen molar-refractivity contribution in [2.45, 2.75) is 20.3 Å². The average molecular weight is 517 g/mol. The summed E-state index contributed by atoms with van der Waals surface area (Å²) in [6, 6.07) is 22.3. The van der Waals surface area contributed by atoms with Crippen LogP contribution in [0.2, 0.25) is 0 Å². The number of aliphatic imine (C=N–C) groups is 2. The van der Waals surface area contributed by atoms with E-state index in [0.29, 0.717) is 17.4 Å². The maximum absolute atomic E-state index is 12.1. The van der Waals surface area contributed by atoms with Gasteiger partial charge in [-0.1, -0.05) is 68.1 Å². The van der Waals surface area contributed by atoms with Crippen molar-refractivity contribution in [3.05, 3.63) is 89.5 Å². The van der Waals surface area contributed by atoms with Gasteiger partial charge in [-0.2, -0.15) is 5.10 Å². The number of hydrogen-bond donors (Lipinski definition) is 1. The predicted molar refractivity (Wildman–Crippen MR) is 153 cm³/mol. The van der Waals surface area contributed by atoms with E-state index in [1.54, 1.807) is 30.1 Å². The summed E-state index contributed by atoms with van der Waals surface area (Å²) in [5.41, 5.74) is 10.9. The van der Waals surface area contributed by atoms with Gasteiger partial charge < -0.3 is 10.6 Å². The van der Waals surface area contributed by atoms with E-state index in [1.165, 1.54) is 29.7 Å². The van der Waals surface area contributed by atoms with Gasteiger partial charge in [0, 0.05) is 28.1 Å². The lowest BCUT2D eigenvalue weighted by molar-refractivity contribution is -0.00618. The highest BCUT2D eigenvalue weighted by Crippen LogP contribution is 2.30. The molecule has 0 spiro atoms. The van der Waals surface area contributed by atoms with Gasteiger partial charge in [0.05, 0.1) is 11.9 Å².